The van der Waals surface area contributed by atoms with E-state index in [0.29, 0.717) is 0 Å². The van der Waals surface area contributed by atoms with Crippen molar-refractivity contribution in [3.8, 4) is 5.75 Å². The second-order valence-electron chi connectivity index (χ2n) is 5.34. The van der Waals surface area contributed by atoms with Gasteiger partial charge in [0.25, 0.3) is 5.91 Å². The number of methoxy groups -OCH3 is 1. The number of rotatable bonds is 8. The minimum atomic E-state index is -0.204. The number of likely N-dealkylation sites (N-methyl/N-ethyl adjacent to an activating group) is 1. The monoisotopic (exact) mass is 293 g/mol. The van der Waals surface area contributed by atoms with E-state index in [0.717, 1.165) is 30.6 Å². The van der Waals surface area contributed by atoms with Crippen LogP contribution in [-0.4, -0.2) is 37.0 Å². The topological polar surface area (TPSA) is 67.6 Å². The second-order valence-corrected chi connectivity index (χ2v) is 5.34. The number of ether oxygens (including phenoxy) is 1. The van der Waals surface area contributed by atoms with E-state index in [9.17, 15) is 4.79 Å². The highest BCUT2D eigenvalue weighted by atomic mass is 16.5. The number of hydrogen-bond acceptors (Lipinski definition) is 4. The molecule has 1 amide bonds. The molecule has 1 aromatic rings. The van der Waals surface area contributed by atoms with Crippen molar-refractivity contribution in [3.63, 3.8) is 0 Å². The highest BCUT2D eigenvalue weighted by Crippen LogP contribution is 2.21. The lowest BCUT2D eigenvalue weighted by Crippen LogP contribution is -2.50. The Morgan fingerprint density at radius 3 is 2.67 bits per heavy atom. The van der Waals surface area contributed by atoms with E-state index in [4.69, 9.17) is 10.6 Å². The number of nitrogens with one attached hydrogen (secondary N) is 1. The van der Waals surface area contributed by atoms with E-state index in [1.807, 2.05) is 25.2 Å². The van der Waals surface area contributed by atoms with E-state index in [1.165, 1.54) is 0 Å². The summed E-state index contributed by atoms with van der Waals surface area (Å²) in [5.74, 6) is 6.04. The van der Waals surface area contributed by atoms with E-state index < -0.39 is 0 Å². The van der Waals surface area contributed by atoms with Gasteiger partial charge in [0.1, 0.15) is 5.75 Å². The molecular formula is C16H27N3O2. The van der Waals surface area contributed by atoms with Crippen LogP contribution in [0, 0.1) is 0 Å². The van der Waals surface area contributed by atoms with E-state index in [-0.39, 0.29) is 18.0 Å². The van der Waals surface area contributed by atoms with Crippen LogP contribution in [0.3, 0.4) is 0 Å². The highest BCUT2D eigenvalue weighted by Gasteiger charge is 2.25. The third-order valence-corrected chi connectivity index (χ3v) is 3.90. The number of hydrazine groups is 1. The van der Waals surface area contributed by atoms with Crippen LogP contribution in [0.4, 0.5) is 0 Å². The molecule has 2 atom stereocenters. The summed E-state index contributed by atoms with van der Waals surface area (Å²) in [4.78, 5) is 14.0. The Kier molecular flexibility index (Phi) is 7.19. The Hall–Kier alpha value is -1.59. The molecule has 5 heteroatoms. The van der Waals surface area contributed by atoms with Crippen molar-refractivity contribution in [2.75, 3.05) is 14.2 Å². The zero-order valence-electron chi connectivity index (χ0n) is 13.4. The van der Waals surface area contributed by atoms with Crippen molar-refractivity contribution in [2.24, 2.45) is 5.84 Å². The van der Waals surface area contributed by atoms with Crippen LogP contribution < -0.4 is 16.0 Å². The fourth-order valence-electron chi connectivity index (χ4n) is 2.53. The SMILES string of the molecule is CCCC(C(=O)NN)N(C)C(C)Cc1ccccc1OC. The molecule has 0 aromatic heterocycles. The minimum Gasteiger partial charge on any atom is -0.496 e. The van der Waals surface area contributed by atoms with E-state index >= 15 is 0 Å². The number of amides is 1. The maximum absolute atomic E-state index is 11.9. The summed E-state index contributed by atoms with van der Waals surface area (Å²) in [7, 11) is 3.64. The first kappa shape index (κ1) is 17.5. The number of benzene rings is 1. The maximum atomic E-state index is 11.9. The molecule has 2 unspecified atom stereocenters. The first-order chi connectivity index (χ1) is 10.0. The molecule has 21 heavy (non-hydrogen) atoms. The lowest BCUT2D eigenvalue weighted by Gasteiger charge is -2.32. The van der Waals surface area contributed by atoms with Crippen LogP contribution in [0.1, 0.15) is 32.3 Å². The van der Waals surface area contributed by atoms with Gasteiger partial charge in [-0.05, 0) is 38.4 Å². The third kappa shape index (κ3) is 4.72. The quantitative estimate of drug-likeness (QED) is 0.435. The van der Waals surface area contributed by atoms with Gasteiger partial charge in [0.2, 0.25) is 0 Å². The van der Waals surface area contributed by atoms with Crippen LogP contribution >= 0.6 is 0 Å². The molecule has 3 N–H and O–H groups in total. The molecule has 0 aliphatic rings. The zero-order valence-corrected chi connectivity index (χ0v) is 13.4. The van der Waals surface area contributed by atoms with Crippen LogP contribution in [0.25, 0.3) is 0 Å². The third-order valence-electron chi connectivity index (χ3n) is 3.90. The lowest BCUT2D eigenvalue weighted by atomic mass is 10.0. The molecule has 1 aromatic carbocycles. The van der Waals surface area contributed by atoms with Gasteiger partial charge in [0.15, 0.2) is 0 Å². The first-order valence-electron chi connectivity index (χ1n) is 7.39. The zero-order chi connectivity index (χ0) is 15.8. The molecule has 0 heterocycles. The number of nitrogens with two attached hydrogens (primary N) is 1. The molecular weight excluding hydrogens is 266 g/mol. The molecule has 0 aliphatic carbocycles. The number of para-hydroxylation sites is 1. The van der Waals surface area contributed by atoms with Gasteiger partial charge in [-0.3, -0.25) is 15.1 Å². The minimum absolute atomic E-state index is 0.133. The molecule has 5 nitrogen and oxygen atoms in total. The largest absolute Gasteiger partial charge is 0.496 e. The molecule has 0 fully saturated rings. The predicted molar refractivity (Wildman–Crippen MR) is 84.9 cm³/mol. The number of carbonyl (C=O) groups is 1. The van der Waals surface area contributed by atoms with Crippen molar-refractivity contribution in [3.05, 3.63) is 29.8 Å². The van der Waals surface area contributed by atoms with Crippen LogP contribution in [-0.2, 0) is 11.2 Å². The summed E-state index contributed by atoms with van der Waals surface area (Å²) in [6.07, 6.45) is 2.54. The Balaban J connectivity index is 2.80. The van der Waals surface area contributed by atoms with Crippen molar-refractivity contribution in [1.29, 1.82) is 0 Å². The number of hydrogen-bond donors (Lipinski definition) is 2. The van der Waals surface area contributed by atoms with Crippen molar-refractivity contribution < 1.29 is 9.53 Å². The van der Waals surface area contributed by atoms with Crippen molar-refractivity contribution in [2.45, 2.75) is 45.2 Å². The molecule has 118 valence electrons. The molecule has 0 aliphatic heterocycles. The fraction of sp³-hybridized carbons (Fsp3) is 0.562. The summed E-state index contributed by atoms with van der Waals surface area (Å²) in [5, 5.41) is 0. The number of carbonyl (C=O) groups excluding carboxylic acids is 1. The molecule has 0 radical (unpaired) electrons. The van der Waals surface area contributed by atoms with Gasteiger partial charge >= 0.3 is 0 Å². The van der Waals surface area contributed by atoms with Gasteiger partial charge in [-0.1, -0.05) is 31.5 Å². The van der Waals surface area contributed by atoms with Gasteiger partial charge < -0.3 is 4.74 Å². The van der Waals surface area contributed by atoms with E-state index in [1.54, 1.807) is 7.11 Å². The average molecular weight is 293 g/mol. The Morgan fingerprint density at radius 2 is 2.10 bits per heavy atom. The summed E-state index contributed by atoms with van der Waals surface area (Å²) in [6, 6.07) is 7.97. The highest BCUT2D eigenvalue weighted by molar-refractivity contribution is 5.81. The average Bonchev–Trinajstić information content (AvgIpc) is 2.51. The van der Waals surface area contributed by atoms with Gasteiger partial charge in [-0.2, -0.15) is 0 Å². The summed E-state index contributed by atoms with van der Waals surface area (Å²) in [5.41, 5.74) is 3.41. The molecule has 1 rings (SSSR count). The maximum Gasteiger partial charge on any atom is 0.251 e. The van der Waals surface area contributed by atoms with Crippen LogP contribution in [0.2, 0.25) is 0 Å². The Bertz CT molecular complexity index is 451. The van der Waals surface area contributed by atoms with Gasteiger partial charge in [0, 0.05) is 6.04 Å². The van der Waals surface area contributed by atoms with E-state index in [2.05, 4.69) is 30.2 Å². The van der Waals surface area contributed by atoms with Gasteiger partial charge in [-0.15, -0.1) is 0 Å². The van der Waals surface area contributed by atoms with Gasteiger partial charge in [-0.25, -0.2) is 5.84 Å². The van der Waals surface area contributed by atoms with Crippen LogP contribution in [0.15, 0.2) is 24.3 Å². The summed E-state index contributed by atoms with van der Waals surface area (Å²) < 4.78 is 5.38. The molecule has 0 saturated carbocycles. The Morgan fingerprint density at radius 1 is 1.43 bits per heavy atom. The molecule has 0 saturated heterocycles. The van der Waals surface area contributed by atoms with Gasteiger partial charge in [0.05, 0.1) is 13.2 Å². The molecule has 0 spiro atoms. The van der Waals surface area contributed by atoms with Crippen LogP contribution in [0.5, 0.6) is 5.75 Å². The van der Waals surface area contributed by atoms with Crippen molar-refractivity contribution >= 4 is 5.91 Å². The smallest absolute Gasteiger partial charge is 0.251 e. The summed E-state index contributed by atoms with van der Waals surface area (Å²) >= 11 is 0. The lowest BCUT2D eigenvalue weighted by molar-refractivity contribution is -0.127. The van der Waals surface area contributed by atoms with Crippen molar-refractivity contribution in [1.82, 2.24) is 10.3 Å². The second kappa shape index (κ2) is 8.64. The number of nitrogens with zero attached hydrogens (tertiary/aromatic N) is 1. The molecule has 0 bridgehead atoms. The normalized spacial score (nSPS) is 13.8. The fourth-order valence-corrected chi connectivity index (χ4v) is 2.53. The standard InChI is InChI=1S/C16H27N3O2/c1-5-8-14(16(20)18-17)19(3)12(2)11-13-9-6-7-10-15(13)21-4/h6-7,9-10,12,14H,5,8,11,17H2,1-4H3,(H,18,20). The predicted octanol–water partition coefficient (Wildman–Crippen LogP) is 1.72. The Labute approximate surface area is 127 Å². The summed E-state index contributed by atoms with van der Waals surface area (Å²) in [6.45, 7) is 4.18. The first-order valence-corrected chi connectivity index (χ1v) is 7.39.